The molecule has 1 fully saturated rings. The summed E-state index contributed by atoms with van der Waals surface area (Å²) in [5.74, 6) is 1.01. The number of pyridine rings is 1. The van der Waals surface area contributed by atoms with Crippen LogP contribution in [0.15, 0.2) is 18.3 Å². The van der Waals surface area contributed by atoms with Crippen molar-refractivity contribution in [2.75, 3.05) is 7.11 Å². The monoisotopic (exact) mass is 274 g/mol. The van der Waals surface area contributed by atoms with Gasteiger partial charge in [0.25, 0.3) is 0 Å². The van der Waals surface area contributed by atoms with Crippen molar-refractivity contribution in [3.63, 3.8) is 0 Å². The van der Waals surface area contributed by atoms with Crippen molar-refractivity contribution < 1.29 is 4.74 Å². The molecule has 0 amide bonds. The Bertz CT molecular complexity index is 442. The van der Waals surface area contributed by atoms with E-state index in [1.54, 1.807) is 0 Å². The fourth-order valence-corrected chi connectivity index (χ4v) is 4.17. The topological polar surface area (TPSA) is 48.1 Å². The highest BCUT2D eigenvalue weighted by atomic mass is 16.5. The van der Waals surface area contributed by atoms with E-state index in [0.29, 0.717) is 11.8 Å². The molecule has 0 spiro atoms. The maximum absolute atomic E-state index is 6.61. The molecule has 3 heteroatoms. The first kappa shape index (κ1) is 14.0. The van der Waals surface area contributed by atoms with Gasteiger partial charge in [-0.25, -0.2) is 0 Å². The molecule has 1 aromatic rings. The third-order valence-corrected chi connectivity index (χ3v) is 5.23. The van der Waals surface area contributed by atoms with E-state index in [2.05, 4.69) is 11.1 Å². The Labute approximate surface area is 121 Å². The van der Waals surface area contributed by atoms with Gasteiger partial charge in [0.15, 0.2) is 0 Å². The van der Waals surface area contributed by atoms with Crippen molar-refractivity contribution in [2.45, 2.75) is 63.0 Å². The highest BCUT2D eigenvalue weighted by Gasteiger charge is 2.37. The smallest absolute Gasteiger partial charge is 0.0756 e. The second-order valence-electron chi connectivity index (χ2n) is 6.37. The van der Waals surface area contributed by atoms with Crippen molar-refractivity contribution in [1.82, 2.24) is 4.98 Å². The summed E-state index contributed by atoms with van der Waals surface area (Å²) in [7, 11) is 1.83. The zero-order chi connectivity index (χ0) is 13.9. The molecule has 3 nitrogen and oxygen atoms in total. The third kappa shape index (κ3) is 2.61. The first-order valence-electron chi connectivity index (χ1n) is 8.03. The normalized spacial score (nSPS) is 26.2. The van der Waals surface area contributed by atoms with Gasteiger partial charge in [0.1, 0.15) is 0 Å². The molecule has 3 unspecified atom stereocenters. The van der Waals surface area contributed by atoms with Crippen molar-refractivity contribution in [2.24, 2.45) is 11.7 Å². The lowest BCUT2D eigenvalue weighted by atomic mass is 9.79. The highest BCUT2D eigenvalue weighted by Crippen LogP contribution is 2.38. The molecule has 2 N–H and O–H groups in total. The van der Waals surface area contributed by atoms with Crippen LogP contribution in [0.1, 0.15) is 55.7 Å². The SMILES string of the molecule is COC(C1CCCCC1)C(N)C1CCc2cccnc21. The molecule has 1 aromatic heterocycles. The van der Waals surface area contributed by atoms with Gasteiger partial charge in [-0.15, -0.1) is 0 Å². The zero-order valence-electron chi connectivity index (χ0n) is 12.4. The third-order valence-electron chi connectivity index (χ3n) is 5.23. The maximum atomic E-state index is 6.61. The van der Waals surface area contributed by atoms with Crippen LogP contribution in [0.2, 0.25) is 0 Å². The summed E-state index contributed by atoms with van der Waals surface area (Å²) in [6.07, 6.45) is 10.9. The zero-order valence-corrected chi connectivity index (χ0v) is 12.4. The lowest BCUT2D eigenvalue weighted by Gasteiger charge is -2.35. The molecule has 0 saturated heterocycles. The number of nitrogens with zero attached hydrogens (tertiary/aromatic N) is 1. The number of rotatable bonds is 4. The minimum absolute atomic E-state index is 0.0826. The summed E-state index contributed by atoms with van der Waals surface area (Å²) in [5, 5.41) is 0. The average Bonchev–Trinajstić information content (AvgIpc) is 2.93. The van der Waals surface area contributed by atoms with Gasteiger partial charge in [0.2, 0.25) is 0 Å². The van der Waals surface area contributed by atoms with Crippen LogP contribution in [0, 0.1) is 5.92 Å². The molecule has 20 heavy (non-hydrogen) atoms. The van der Waals surface area contributed by atoms with Crippen LogP contribution in [-0.2, 0) is 11.2 Å². The van der Waals surface area contributed by atoms with E-state index in [-0.39, 0.29) is 12.1 Å². The molecule has 0 radical (unpaired) electrons. The van der Waals surface area contributed by atoms with Gasteiger partial charge in [-0.05, 0) is 43.2 Å². The number of ether oxygens (including phenoxy) is 1. The molecule has 0 aliphatic heterocycles. The largest absolute Gasteiger partial charge is 0.380 e. The van der Waals surface area contributed by atoms with Gasteiger partial charge in [-0.1, -0.05) is 25.3 Å². The van der Waals surface area contributed by atoms with Crippen molar-refractivity contribution in [3.05, 3.63) is 29.6 Å². The first-order valence-corrected chi connectivity index (χ1v) is 8.03. The summed E-state index contributed by atoms with van der Waals surface area (Å²) in [4.78, 5) is 4.59. The van der Waals surface area contributed by atoms with Gasteiger partial charge in [-0.3, -0.25) is 4.98 Å². The van der Waals surface area contributed by atoms with E-state index in [1.807, 2.05) is 19.4 Å². The molecule has 3 rings (SSSR count). The van der Waals surface area contributed by atoms with E-state index in [0.717, 1.165) is 12.8 Å². The highest BCUT2D eigenvalue weighted by molar-refractivity contribution is 5.30. The Morgan fingerprint density at radius 3 is 2.80 bits per heavy atom. The molecule has 2 aliphatic carbocycles. The van der Waals surface area contributed by atoms with Gasteiger partial charge >= 0.3 is 0 Å². The van der Waals surface area contributed by atoms with Crippen LogP contribution in [0.4, 0.5) is 0 Å². The minimum Gasteiger partial charge on any atom is -0.380 e. The predicted octanol–water partition coefficient (Wildman–Crippen LogP) is 3.03. The van der Waals surface area contributed by atoms with Crippen LogP contribution in [0.25, 0.3) is 0 Å². The van der Waals surface area contributed by atoms with E-state index < -0.39 is 0 Å². The van der Waals surface area contributed by atoms with E-state index in [1.165, 1.54) is 43.4 Å². The molecular weight excluding hydrogens is 248 g/mol. The average molecular weight is 274 g/mol. The van der Waals surface area contributed by atoms with Gasteiger partial charge in [-0.2, -0.15) is 0 Å². The Balaban J connectivity index is 1.75. The van der Waals surface area contributed by atoms with E-state index >= 15 is 0 Å². The molecule has 3 atom stereocenters. The molecule has 0 bridgehead atoms. The Hall–Kier alpha value is -0.930. The maximum Gasteiger partial charge on any atom is 0.0756 e. The minimum atomic E-state index is 0.0826. The fraction of sp³-hybridized carbons (Fsp3) is 0.706. The second kappa shape index (κ2) is 6.23. The summed E-state index contributed by atoms with van der Waals surface area (Å²) in [6.45, 7) is 0. The molecule has 110 valence electrons. The molecule has 2 aliphatic rings. The number of hydrogen-bond donors (Lipinski definition) is 1. The fourth-order valence-electron chi connectivity index (χ4n) is 4.17. The quantitative estimate of drug-likeness (QED) is 0.918. The van der Waals surface area contributed by atoms with Crippen molar-refractivity contribution >= 4 is 0 Å². The standard InChI is InChI=1S/C17H26N2O/c1-20-17(13-6-3-2-4-7-13)15(18)14-10-9-12-8-5-11-19-16(12)14/h5,8,11,13-15,17H,2-4,6-7,9-10,18H2,1H3. The second-order valence-corrected chi connectivity index (χ2v) is 6.37. The number of hydrogen-bond acceptors (Lipinski definition) is 3. The lowest BCUT2D eigenvalue weighted by Crippen LogP contribution is -2.45. The number of aryl methyl sites for hydroxylation is 1. The first-order chi connectivity index (χ1) is 9.81. The van der Waals surface area contributed by atoms with Gasteiger partial charge < -0.3 is 10.5 Å². The Morgan fingerprint density at radius 2 is 2.05 bits per heavy atom. The van der Waals surface area contributed by atoms with Crippen molar-refractivity contribution in [3.8, 4) is 0 Å². The summed E-state index contributed by atoms with van der Waals surface area (Å²) < 4.78 is 5.83. The Morgan fingerprint density at radius 1 is 1.25 bits per heavy atom. The van der Waals surface area contributed by atoms with Crippen LogP contribution >= 0.6 is 0 Å². The van der Waals surface area contributed by atoms with Crippen molar-refractivity contribution in [1.29, 1.82) is 0 Å². The lowest BCUT2D eigenvalue weighted by molar-refractivity contribution is 0.0111. The number of nitrogens with two attached hydrogens (primary N) is 1. The van der Waals surface area contributed by atoms with Crippen LogP contribution in [0.5, 0.6) is 0 Å². The number of methoxy groups -OCH3 is 1. The number of aromatic nitrogens is 1. The van der Waals surface area contributed by atoms with Gasteiger partial charge in [0.05, 0.1) is 6.10 Å². The summed E-state index contributed by atoms with van der Waals surface area (Å²) in [5.41, 5.74) is 9.22. The molecule has 1 heterocycles. The molecule has 1 saturated carbocycles. The molecular formula is C17H26N2O. The Kier molecular flexibility index (Phi) is 4.37. The molecule has 0 aromatic carbocycles. The van der Waals surface area contributed by atoms with Crippen LogP contribution < -0.4 is 5.73 Å². The number of fused-ring (bicyclic) bond motifs is 1. The van der Waals surface area contributed by atoms with Gasteiger partial charge in [0, 0.05) is 31.0 Å². The van der Waals surface area contributed by atoms with E-state index in [9.17, 15) is 0 Å². The van der Waals surface area contributed by atoms with Crippen LogP contribution in [-0.4, -0.2) is 24.2 Å². The summed E-state index contributed by atoms with van der Waals surface area (Å²) >= 11 is 0. The van der Waals surface area contributed by atoms with Crippen LogP contribution in [0.3, 0.4) is 0 Å². The predicted molar refractivity (Wildman–Crippen MR) is 80.6 cm³/mol. The summed E-state index contributed by atoms with van der Waals surface area (Å²) in [6, 6.07) is 4.30. The van der Waals surface area contributed by atoms with E-state index in [4.69, 9.17) is 10.5 Å².